The molecule has 2 aromatic rings. The zero-order valence-electron chi connectivity index (χ0n) is 16.4. The first kappa shape index (κ1) is 18.8. The summed E-state index contributed by atoms with van der Waals surface area (Å²) in [5.74, 6) is 0.214. The molecule has 0 aromatic carbocycles. The summed E-state index contributed by atoms with van der Waals surface area (Å²) < 4.78 is 5.65. The van der Waals surface area contributed by atoms with Gasteiger partial charge in [-0.2, -0.15) is 0 Å². The second kappa shape index (κ2) is 6.34. The number of carbonyl (C=O) groups excluding carboxylic acids is 1. The number of nitrogens with zero attached hydrogens (tertiary/aromatic N) is 1. The summed E-state index contributed by atoms with van der Waals surface area (Å²) in [7, 11) is 0. The van der Waals surface area contributed by atoms with Gasteiger partial charge in [-0.25, -0.2) is 4.98 Å². The number of nitrogens with one attached hydrogen (secondary N) is 1. The second-order valence-corrected chi connectivity index (χ2v) is 9.27. The van der Waals surface area contributed by atoms with Crippen LogP contribution in [0.2, 0.25) is 0 Å². The molecule has 3 rings (SSSR count). The Morgan fingerprint density at radius 3 is 2.62 bits per heavy atom. The number of rotatable bonds is 4. The molecular formula is C20H26N2O3S. The van der Waals surface area contributed by atoms with E-state index in [-0.39, 0.29) is 28.8 Å². The van der Waals surface area contributed by atoms with Crippen LogP contribution >= 0.6 is 11.3 Å². The Bertz CT molecular complexity index is 963. The molecule has 0 aliphatic heterocycles. The van der Waals surface area contributed by atoms with Crippen LogP contribution < -0.4 is 5.56 Å². The standard InChI is InChI=1S/C20H26N2O3S/c1-9(2)8-13-15(20(13,6)7)19(24)25-11(4)16-21-17(23)14-10(3)12(5)26-18(14)22-16/h8,11,13,15H,1-7H3,(H,21,22,23)/t11-,13+,15-/m0/s1. The van der Waals surface area contributed by atoms with Crippen molar-refractivity contribution in [3.05, 3.63) is 38.3 Å². The Morgan fingerprint density at radius 2 is 2.00 bits per heavy atom. The van der Waals surface area contributed by atoms with Crippen LogP contribution in [0.3, 0.4) is 0 Å². The van der Waals surface area contributed by atoms with Crippen molar-refractivity contribution in [2.75, 3.05) is 0 Å². The number of hydrogen-bond acceptors (Lipinski definition) is 5. The number of ether oxygens (including phenoxy) is 1. The van der Waals surface area contributed by atoms with Gasteiger partial charge in [0.25, 0.3) is 5.56 Å². The first-order valence-electron chi connectivity index (χ1n) is 8.89. The van der Waals surface area contributed by atoms with Gasteiger partial charge in [0.05, 0.1) is 11.3 Å². The molecule has 26 heavy (non-hydrogen) atoms. The van der Waals surface area contributed by atoms with Gasteiger partial charge in [-0.1, -0.05) is 25.5 Å². The number of carbonyl (C=O) groups is 1. The lowest BCUT2D eigenvalue weighted by atomic mass is 10.1. The number of aryl methyl sites for hydroxylation is 2. The largest absolute Gasteiger partial charge is 0.454 e. The van der Waals surface area contributed by atoms with Crippen LogP contribution in [0.1, 0.15) is 57.0 Å². The Labute approximate surface area is 157 Å². The van der Waals surface area contributed by atoms with E-state index in [0.29, 0.717) is 16.0 Å². The highest BCUT2D eigenvalue weighted by Crippen LogP contribution is 2.60. The number of esters is 1. The molecule has 0 unspecified atom stereocenters. The minimum Gasteiger partial charge on any atom is -0.454 e. The third-order valence-electron chi connectivity index (χ3n) is 5.41. The number of fused-ring (bicyclic) bond motifs is 1. The maximum absolute atomic E-state index is 12.6. The highest BCUT2D eigenvalue weighted by molar-refractivity contribution is 7.18. The molecule has 6 heteroatoms. The van der Waals surface area contributed by atoms with Crippen LogP contribution in [0.25, 0.3) is 10.2 Å². The van der Waals surface area contributed by atoms with Gasteiger partial charge in [-0.15, -0.1) is 11.3 Å². The third kappa shape index (κ3) is 3.11. The number of thiophene rings is 1. The molecular weight excluding hydrogens is 348 g/mol. The summed E-state index contributed by atoms with van der Waals surface area (Å²) in [5, 5.41) is 0.627. The number of hydrogen-bond donors (Lipinski definition) is 1. The molecule has 5 nitrogen and oxygen atoms in total. The second-order valence-electron chi connectivity index (χ2n) is 8.06. The van der Waals surface area contributed by atoms with E-state index in [1.54, 1.807) is 6.92 Å². The molecule has 1 aliphatic carbocycles. The van der Waals surface area contributed by atoms with Crippen LogP contribution in [0.5, 0.6) is 0 Å². The van der Waals surface area contributed by atoms with Crippen molar-refractivity contribution in [2.24, 2.45) is 17.3 Å². The van der Waals surface area contributed by atoms with Crippen LogP contribution in [0.15, 0.2) is 16.4 Å². The maximum Gasteiger partial charge on any atom is 0.310 e. The molecule has 0 saturated heterocycles. The molecule has 0 bridgehead atoms. The highest BCUT2D eigenvalue weighted by Gasteiger charge is 2.61. The molecule has 1 aliphatic rings. The highest BCUT2D eigenvalue weighted by atomic mass is 32.1. The topological polar surface area (TPSA) is 72.0 Å². The van der Waals surface area contributed by atoms with E-state index >= 15 is 0 Å². The average molecular weight is 375 g/mol. The van der Waals surface area contributed by atoms with Gasteiger partial charge < -0.3 is 9.72 Å². The smallest absolute Gasteiger partial charge is 0.310 e. The molecule has 140 valence electrons. The fourth-order valence-corrected chi connectivity index (χ4v) is 4.60. The van der Waals surface area contributed by atoms with Gasteiger partial charge >= 0.3 is 5.97 Å². The number of aromatic amines is 1. The van der Waals surface area contributed by atoms with Crippen LogP contribution in [0, 0.1) is 31.1 Å². The van der Waals surface area contributed by atoms with Crippen LogP contribution in [-0.4, -0.2) is 15.9 Å². The number of allylic oxidation sites excluding steroid dienone is 2. The SMILES string of the molecule is CC(C)=C[C@@H]1[C@@H](C(=O)O[C@@H](C)c2nc3sc(C)c(C)c3c(=O)[nH]2)C1(C)C. The van der Waals surface area contributed by atoms with Crippen molar-refractivity contribution in [3.63, 3.8) is 0 Å². The first-order valence-corrected chi connectivity index (χ1v) is 9.71. The van der Waals surface area contributed by atoms with E-state index in [9.17, 15) is 9.59 Å². The number of H-pyrrole nitrogens is 1. The predicted molar refractivity (Wildman–Crippen MR) is 104 cm³/mol. The van der Waals surface area contributed by atoms with Gasteiger partial charge in [0, 0.05) is 4.88 Å². The van der Waals surface area contributed by atoms with E-state index in [1.165, 1.54) is 16.9 Å². The van der Waals surface area contributed by atoms with Crippen LogP contribution in [0.4, 0.5) is 0 Å². The zero-order valence-corrected chi connectivity index (χ0v) is 17.2. The quantitative estimate of drug-likeness (QED) is 0.634. The molecule has 1 N–H and O–H groups in total. The summed E-state index contributed by atoms with van der Waals surface area (Å²) in [5.41, 5.74) is 1.88. The predicted octanol–water partition coefficient (Wildman–Crippen LogP) is 4.44. The first-order chi connectivity index (χ1) is 12.0. The molecule has 0 spiro atoms. The van der Waals surface area contributed by atoms with Gasteiger partial charge in [0.2, 0.25) is 0 Å². The van der Waals surface area contributed by atoms with Gasteiger partial charge in [0.1, 0.15) is 4.83 Å². The zero-order chi connectivity index (χ0) is 19.4. The molecule has 0 amide bonds. The molecule has 2 aromatic heterocycles. The van der Waals surface area contributed by atoms with Crippen molar-refractivity contribution in [1.29, 1.82) is 0 Å². The summed E-state index contributed by atoms with van der Waals surface area (Å²) >= 11 is 1.49. The van der Waals surface area contributed by atoms with E-state index < -0.39 is 6.10 Å². The van der Waals surface area contributed by atoms with E-state index in [2.05, 4.69) is 29.9 Å². The molecule has 3 atom stereocenters. The van der Waals surface area contributed by atoms with Gasteiger partial charge in [-0.3, -0.25) is 9.59 Å². The summed E-state index contributed by atoms with van der Waals surface area (Å²) in [6, 6.07) is 0. The third-order valence-corrected chi connectivity index (χ3v) is 6.51. The van der Waals surface area contributed by atoms with Gasteiger partial charge in [0.15, 0.2) is 11.9 Å². The van der Waals surface area contributed by atoms with Gasteiger partial charge in [-0.05, 0) is 51.5 Å². The fraction of sp³-hybridized carbons (Fsp3) is 0.550. The molecule has 1 fully saturated rings. The average Bonchev–Trinajstić information content (AvgIpc) is 2.91. The monoisotopic (exact) mass is 374 g/mol. The van der Waals surface area contributed by atoms with Crippen LogP contribution in [-0.2, 0) is 9.53 Å². The summed E-state index contributed by atoms with van der Waals surface area (Å²) in [6.45, 7) is 13.9. The fourth-order valence-electron chi connectivity index (χ4n) is 3.57. The van der Waals surface area contributed by atoms with Crippen molar-refractivity contribution < 1.29 is 9.53 Å². The van der Waals surface area contributed by atoms with E-state index in [1.807, 2.05) is 27.7 Å². The normalized spacial score (nSPS) is 22.1. The lowest BCUT2D eigenvalue weighted by Gasteiger charge is -2.13. The Morgan fingerprint density at radius 1 is 1.35 bits per heavy atom. The summed E-state index contributed by atoms with van der Waals surface area (Å²) in [4.78, 5) is 34.1. The Balaban J connectivity index is 1.82. The Kier molecular flexibility index (Phi) is 4.59. The van der Waals surface area contributed by atoms with E-state index in [0.717, 1.165) is 10.4 Å². The Hall–Kier alpha value is -1.95. The van der Waals surface area contributed by atoms with Crippen molar-refractivity contribution in [1.82, 2.24) is 9.97 Å². The van der Waals surface area contributed by atoms with E-state index in [4.69, 9.17) is 4.74 Å². The minimum atomic E-state index is -0.592. The lowest BCUT2D eigenvalue weighted by Crippen LogP contribution is -2.19. The molecule has 1 saturated carbocycles. The van der Waals surface area contributed by atoms with Crippen molar-refractivity contribution >= 4 is 27.5 Å². The maximum atomic E-state index is 12.6. The molecule has 2 heterocycles. The number of aromatic nitrogens is 2. The molecule has 0 radical (unpaired) electrons. The lowest BCUT2D eigenvalue weighted by molar-refractivity contribution is -0.151. The summed E-state index contributed by atoms with van der Waals surface area (Å²) in [6.07, 6.45) is 1.55. The van der Waals surface area contributed by atoms with Crippen molar-refractivity contribution in [3.8, 4) is 0 Å². The minimum absolute atomic E-state index is 0.0964. The van der Waals surface area contributed by atoms with Crippen molar-refractivity contribution in [2.45, 2.75) is 54.6 Å².